The first kappa shape index (κ1) is 21.3. The molecule has 4 aromatic rings. The van der Waals surface area contributed by atoms with Gasteiger partial charge in [0.2, 0.25) is 0 Å². The molecule has 0 fully saturated rings. The van der Waals surface area contributed by atoms with Crippen LogP contribution in [0.25, 0.3) is 11.3 Å². The Balaban J connectivity index is 1.45. The monoisotopic (exact) mass is 431 g/mol. The molecule has 3 aromatic heterocycles. The molecule has 32 heavy (non-hydrogen) atoms. The Labute approximate surface area is 185 Å². The highest BCUT2D eigenvalue weighted by Gasteiger charge is 2.23. The molecule has 8 heteroatoms. The van der Waals surface area contributed by atoms with Crippen LogP contribution in [-0.4, -0.2) is 30.8 Å². The number of aryl methyl sites for hydroxylation is 1. The van der Waals surface area contributed by atoms with E-state index in [0.29, 0.717) is 23.8 Å². The van der Waals surface area contributed by atoms with Crippen LogP contribution in [0.3, 0.4) is 0 Å². The second kappa shape index (κ2) is 9.47. The van der Waals surface area contributed by atoms with Gasteiger partial charge in [0.25, 0.3) is 0 Å². The number of rotatable bonds is 9. The summed E-state index contributed by atoms with van der Waals surface area (Å²) in [7, 11) is 0. The van der Waals surface area contributed by atoms with Gasteiger partial charge in [-0.05, 0) is 30.0 Å². The molecule has 3 heterocycles. The molecule has 3 N–H and O–H groups in total. The summed E-state index contributed by atoms with van der Waals surface area (Å²) >= 11 is 0. The summed E-state index contributed by atoms with van der Waals surface area (Å²) in [5.74, 6) is -0.630. The number of aliphatic carboxylic acids is 1. The van der Waals surface area contributed by atoms with E-state index in [-0.39, 0.29) is 6.42 Å². The number of nitrogens with two attached hydrogens (primary N) is 1. The van der Waals surface area contributed by atoms with Gasteiger partial charge in [0.05, 0.1) is 18.6 Å². The van der Waals surface area contributed by atoms with Crippen LogP contribution in [-0.2, 0) is 24.2 Å². The van der Waals surface area contributed by atoms with Crippen LogP contribution in [0.15, 0.2) is 65.7 Å². The molecule has 1 aromatic carbocycles. The van der Waals surface area contributed by atoms with E-state index >= 15 is 0 Å². The predicted octanol–water partition coefficient (Wildman–Crippen LogP) is 3.93. The predicted molar refractivity (Wildman–Crippen MR) is 120 cm³/mol. The number of nitrogen functional groups attached to an aromatic ring is 1. The first-order chi connectivity index (χ1) is 15.5. The van der Waals surface area contributed by atoms with Crippen LogP contribution in [0.5, 0.6) is 0 Å². The number of benzene rings is 1. The SMILES string of the molecule is CCCc1ccc(-c2cc(Cn3cnc(C(Cc4ccc(N)nc4)C(=O)O)c3)no2)cc1. The summed E-state index contributed by atoms with van der Waals surface area (Å²) in [4.78, 5) is 20.2. The zero-order valence-electron chi connectivity index (χ0n) is 17.8. The highest BCUT2D eigenvalue weighted by Crippen LogP contribution is 2.23. The number of carboxylic acids is 1. The van der Waals surface area contributed by atoms with Gasteiger partial charge in [0.1, 0.15) is 17.4 Å². The van der Waals surface area contributed by atoms with Gasteiger partial charge < -0.3 is 19.9 Å². The van der Waals surface area contributed by atoms with Crippen molar-refractivity contribution in [2.45, 2.75) is 38.6 Å². The molecular formula is C24H25N5O3. The third kappa shape index (κ3) is 5.03. The molecule has 8 nitrogen and oxygen atoms in total. The molecule has 0 saturated heterocycles. The lowest BCUT2D eigenvalue weighted by atomic mass is 9.98. The summed E-state index contributed by atoms with van der Waals surface area (Å²) < 4.78 is 7.31. The van der Waals surface area contributed by atoms with Crippen LogP contribution in [0, 0.1) is 0 Å². The van der Waals surface area contributed by atoms with E-state index in [0.717, 1.165) is 29.7 Å². The summed E-state index contributed by atoms with van der Waals surface area (Å²) in [6.07, 6.45) is 7.38. The maximum atomic E-state index is 11.8. The molecular weight excluding hydrogens is 406 g/mol. The van der Waals surface area contributed by atoms with Gasteiger partial charge in [0.15, 0.2) is 5.76 Å². The maximum Gasteiger partial charge on any atom is 0.312 e. The molecule has 0 aliphatic carbocycles. The van der Waals surface area contributed by atoms with E-state index in [1.165, 1.54) is 5.56 Å². The second-order valence-electron chi connectivity index (χ2n) is 7.79. The summed E-state index contributed by atoms with van der Waals surface area (Å²) in [6.45, 7) is 2.59. The number of aromatic nitrogens is 4. The van der Waals surface area contributed by atoms with Crippen molar-refractivity contribution in [2.75, 3.05) is 5.73 Å². The van der Waals surface area contributed by atoms with Crippen LogP contribution >= 0.6 is 0 Å². The molecule has 0 bridgehead atoms. The Morgan fingerprint density at radius 3 is 2.62 bits per heavy atom. The Morgan fingerprint density at radius 2 is 1.94 bits per heavy atom. The highest BCUT2D eigenvalue weighted by atomic mass is 16.5. The summed E-state index contributed by atoms with van der Waals surface area (Å²) in [5, 5.41) is 13.9. The largest absolute Gasteiger partial charge is 0.481 e. The zero-order valence-corrected chi connectivity index (χ0v) is 17.8. The van der Waals surface area contributed by atoms with Crippen LogP contribution in [0.1, 0.15) is 41.8 Å². The lowest BCUT2D eigenvalue weighted by molar-refractivity contribution is -0.138. The van der Waals surface area contributed by atoms with E-state index in [1.807, 2.05) is 18.2 Å². The fraction of sp³-hybridized carbons (Fsp3) is 0.250. The Hall–Kier alpha value is -3.94. The van der Waals surface area contributed by atoms with Gasteiger partial charge in [-0.1, -0.05) is 48.8 Å². The molecule has 0 saturated carbocycles. The number of hydrogen-bond donors (Lipinski definition) is 2. The molecule has 164 valence electrons. The molecule has 1 unspecified atom stereocenters. The van der Waals surface area contributed by atoms with Gasteiger partial charge in [0, 0.05) is 24.0 Å². The molecule has 0 spiro atoms. The molecule has 4 rings (SSSR count). The Kier molecular flexibility index (Phi) is 6.30. The fourth-order valence-corrected chi connectivity index (χ4v) is 3.59. The third-order valence-electron chi connectivity index (χ3n) is 5.28. The Morgan fingerprint density at radius 1 is 1.16 bits per heavy atom. The van der Waals surface area contributed by atoms with Crippen molar-refractivity contribution >= 4 is 11.8 Å². The van der Waals surface area contributed by atoms with Crippen molar-refractivity contribution in [1.29, 1.82) is 0 Å². The van der Waals surface area contributed by atoms with E-state index < -0.39 is 11.9 Å². The second-order valence-corrected chi connectivity index (χ2v) is 7.79. The number of nitrogens with zero attached hydrogens (tertiary/aromatic N) is 4. The summed E-state index contributed by atoms with van der Waals surface area (Å²) in [5.41, 5.74) is 9.87. The van der Waals surface area contributed by atoms with Gasteiger partial charge >= 0.3 is 5.97 Å². The molecule has 0 aliphatic heterocycles. The van der Waals surface area contributed by atoms with Crippen molar-refractivity contribution in [1.82, 2.24) is 19.7 Å². The van der Waals surface area contributed by atoms with Crippen LogP contribution in [0.4, 0.5) is 5.82 Å². The van der Waals surface area contributed by atoms with Gasteiger partial charge in [-0.25, -0.2) is 9.97 Å². The van der Waals surface area contributed by atoms with Crippen molar-refractivity contribution in [3.8, 4) is 11.3 Å². The Bertz CT molecular complexity index is 1180. The van der Waals surface area contributed by atoms with Crippen LogP contribution in [0.2, 0.25) is 0 Å². The molecule has 0 aliphatic rings. The fourth-order valence-electron chi connectivity index (χ4n) is 3.59. The minimum atomic E-state index is -0.942. The molecule has 1 atom stereocenters. The first-order valence-corrected chi connectivity index (χ1v) is 10.5. The van der Waals surface area contributed by atoms with E-state index in [9.17, 15) is 9.90 Å². The minimum Gasteiger partial charge on any atom is -0.481 e. The highest BCUT2D eigenvalue weighted by molar-refractivity contribution is 5.75. The van der Waals surface area contributed by atoms with E-state index in [4.69, 9.17) is 10.3 Å². The van der Waals surface area contributed by atoms with Gasteiger partial charge in [-0.2, -0.15) is 0 Å². The molecule has 0 amide bonds. The zero-order chi connectivity index (χ0) is 22.5. The number of hydrogen-bond acceptors (Lipinski definition) is 6. The van der Waals surface area contributed by atoms with Crippen molar-refractivity contribution in [3.05, 3.63) is 83.7 Å². The topological polar surface area (TPSA) is 120 Å². The summed E-state index contributed by atoms with van der Waals surface area (Å²) in [6, 6.07) is 13.6. The normalized spacial score (nSPS) is 12.0. The van der Waals surface area contributed by atoms with Crippen LogP contribution < -0.4 is 5.73 Å². The van der Waals surface area contributed by atoms with Crippen molar-refractivity contribution in [3.63, 3.8) is 0 Å². The third-order valence-corrected chi connectivity index (χ3v) is 5.28. The molecule has 0 radical (unpaired) electrons. The van der Waals surface area contributed by atoms with E-state index in [2.05, 4.69) is 34.2 Å². The average Bonchev–Trinajstić information content (AvgIpc) is 3.44. The van der Waals surface area contributed by atoms with E-state index in [1.54, 1.807) is 35.4 Å². The number of pyridine rings is 1. The van der Waals surface area contributed by atoms with Gasteiger partial charge in [-0.3, -0.25) is 4.79 Å². The number of imidazole rings is 1. The standard InChI is InChI=1S/C24H25N5O3/c1-2-3-16-4-7-18(8-5-16)22-11-19(28-32-22)13-29-14-21(27-15-29)20(24(30)31)10-17-6-9-23(25)26-12-17/h4-9,11-12,14-15,20H,2-3,10,13H2,1H3,(H2,25,26)(H,30,31). The smallest absolute Gasteiger partial charge is 0.312 e. The number of carboxylic acid groups (broad SMARTS) is 1. The minimum absolute atomic E-state index is 0.280. The first-order valence-electron chi connectivity index (χ1n) is 10.5. The number of anilines is 1. The van der Waals surface area contributed by atoms with Crippen molar-refractivity contribution < 1.29 is 14.4 Å². The van der Waals surface area contributed by atoms with Crippen molar-refractivity contribution in [2.24, 2.45) is 0 Å². The lowest BCUT2D eigenvalue weighted by Crippen LogP contribution is -2.15. The van der Waals surface area contributed by atoms with Gasteiger partial charge in [-0.15, -0.1) is 0 Å². The lowest BCUT2D eigenvalue weighted by Gasteiger charge is -2.09. The quantitative estimate of drug-likeness (QED) is 0.412. The number of carbonyl (C=O) groups is 1. The average molecular weight is 431 g/mol. The maximum absolute atomic E-state index is 11.8.